The largest absolute Gasteiger partial charge is 0.497 e. The van der Waals surface area contributed by atoms with E-state index in [1.165, 1.54) is 16.7 Å². The fraction of sp³-hybridized carbons (Fsp3) is 0.226. The van der Waals surface area contributed by atoms with Crippen LogP contribution in [0.2, 0.25) is 5.02 Å². The summed E-state index contributed by atoms with van der Waals surface area (Å²) in [4.78, 5) is 57.2. The highest BCUT2D eigenvalue weighted by molar-refractivity contribution is 8.00. The molecule has 0 spiro atoms. The molecule has 10 nitrogen and oxygen atoms in total. The summed E-state index contributed by atoms with van der Waals surface area (Å²) in [5.74, 6) is -1.14. The Morgan fingerprint density at radius 3 is 2.43 bits per heavy atom. The SMILES string of the molecule is CCOc1cc([C@@H]2c3sc(=O)[nH]c3S[C@H]3C(=O)N(c4ccc(OC)cc4)C(=O)[C@@H]23)ccc1OCC(=O)Nc1ccc(Cl)cc1. The first-order valence-corrected chi connectivity index (χ1v) is 15.7. The number of nitrogens with zero attached hydrogens (tertiary/aromatic N) is 1. The first-order valence-electron chi connectivity index (χ1n) is 13.6. The maximum atomic E-state index is 14.0. The number of H-pyrrole nitrogens is 1. The molecule has 2 aliphatic heterocycles. The Bertz CT molecular complexity index is 1790. The van der Waals surface area contributed by atoms with Gasteiger partial charge >= 0.3 is 4.87 Å². The summed E-state index contributed by atoms with van der Waals surface area (Å²) in [6.45, 7) is 1.86. The van der Waals surface area contributed by atoms with Gasteiger partial charge in [-0.05, 0) is 73.2 Å². The van der Waals surface area contributed by atoms with E-state index in [9.17, 15) is 19.2 Å². The molecule has 1 fully saturated rings. The maximum absolute atomic E-state index is 14.0. The lowest BCUT2D eigenvalue weighted by atomic mass is 9.83. The number of fused-ring (bicyclic) bond motifs is 2. The number of thioether (sulfide) groups is 1. The van der Waals surface area contributed by atoms with E-state index < -0.39 is 17.1 Å². The summed E-state index contributed by atoms with van der Waals surface area (Å²) in [6, 6.07) is 18.6. The first-order chi connectivity index (χ1) is 21.3. The van der Waals surface area contributed by atoms with Crippen LogP contribution >= 0.6 is 34.7 Å². The highest BCUT2D eigenvalue weighted by atomic mass is 35.5. The Balaban J connectivity index is 1.30. The van der Waals surface area contributed by atoms with Crippen LogP contribution in [0.1, 0.15) is 23.3 Å². The number of rotatable bonds is 9. The van der Waals surface area contributed by atoms with E-state index in [-0.39, 0.29) is 29.2 Å². The number of carbonyl (C=O) groups is 3. The van der Waals surface area contributed by atoms with Gasteiger partial charge in [0.05, 0.1) is 30.3 Å². The molecule has 2 N–H and O–H groups in total. The van der Waals surface area contributed by atoms with Gasteiger partial charge in [-0.3, -0.25) is 19.2 Å². The third kappa shape index (κ3) is 5.68. The van der Waals surface area contributed by atoms with Gasteiger partial charge in [0, 0.05) is 21.5 Å². The van der Waals surface area contributed by atoms with Gasteiger partial charge in [-0.1, -0.05) is 40.8 Å². The molecule has 0 saturated carbocycles. The summed E-state index contributed by atoms with van der Waals surface area (Å²) in [5, 5.41) is 3.13. The molecule has 4 aromatic rings. The Labute approximate surface area is 265 Å². The Morgan fingerprint density at radius 2 is 1.73 bits per heavy atom. The van der Waals surface area contributed by atoms with Crippen molar-refractivity contribution in [2.24, 2.45) is 5.92 Å². The fourth-order valence-electron chi connectivity index (χ4n) is 5.34. The van der Waals surface area contributed by atoms with E-state index >= 15 is 0 Å². The molecule has 0 radical (unpaired) electrons. The van der Waals surface area contributed by atoms with E-state index in [1.807, 2.05) is 6.92 Å². The molecular weight excluding hydrogens is 626 g/mol. The monoisotopic (exact) mass is 651 g/mol. The highest BCUT2D eigenvalue weighted by Crippen LogP contribution is 2.53. The second-order valence-electron chi connectivity index (χ2n) is 9.94. The van der Waals surface area contributed by atoms with Crippen LogP contribution in [-0.2, 0) is 14.4 Å². The minimum absolute atomic E-state index is 0.268. The zero-order valence-corrected chi connectivity index (χ0v) is 25.9. The van der Waals surface area contributed by atoms with Crippen LogP contribution < -0.4 is 29.3 Å². The van der Waals surface area contributed by atoms with E-state index in [0.717, 1.165) is 11.3 Å². The van der Waals surface area contributed by atoms with Crippen molar-refractivity contribution in [2.45, 2.75) is 23.1 Å². The molecule has 3 amide bonds. The van der Waals surface area contributed by atoms with Crippen LogP contribution in [0.5, 0.6) is 17.2 Å². The molecule has 44 heavy (non-hydrogen) atoms. The molecule has 3 atom stereocenters. The topological polar surface area (TPSA) is 127 Å². The fourth-order valence-corrected chi connectivity index (χ4v) is 7.98. The van der Waals surface area contributed by atoms with Gasteiger partial charge in [0.25, 0.3) is 5.91 Å². The second-order valence-corrected chi connectivity index (χ2v) is 12.5. The number of anilines is 2. The average Bonchev–Trinajstić information content (AvgIpc) is 3.51. The molecule has 6 rings (SSSR count). The summed E-state index contributed by atoms with van der Waals surface area (Å²) in [6.07, 6.45) is 0. The van der Waals surface area contributed by atoms with Crippen LogP contribution in [0.3, 0.4) is 0 Å². The van der Waals surface area contributed by atoms with E-state index in [0.29, 0.717) is 55.7 Å². The molecule has 0 aliphatic carbocycles. The van der Waals surface area contributed by atoms with Crippen molar-refractivity contribution in [3.05, 3.63) is 91.9 Å². The summed E-state index contributed by atoms with van der Waals surface area (Å²) >= 11 is 8.14. The number of hydrogen-bond acceptors (Lipinski definition) is 9. The molecule has 226 valence electrons. The predicted octanol–water partition coefficient (Wildman–Crippen LogP) is 5.31. The zero-order chi connectivity index (χ0) is 31.0. The van der Waals surface area contributed by atoms with E-state index in [2.05, 4.69) is 10.3 Å². The number of nitrogens with one attached hydrogen (secondary N) is 2. The van der Waals surface area contributed by atoms with Crippen LogP contribution in [0.15, 0.2) is 76.6 Å². The van der Waals surface area contributed by atoms with Crippen molar-refractivity contribution >= 4 is 63.8 Å². The maximum Gasteiger partial charge on any atom is 0.305 e. The van der Waals surface area contributed by atoms with E-state index in [4.69, 9.17) is 25.8 Å². The van der Waals surface area contributed by atoms with Gasteiger partial charge in [-0.2, -0.15) is 0 Å². The molecule has 0 unspecified atom stereocenters. The average molecular weight is 652 g/mol. The van der Waals surface area contributed by atoms with Crippen molar-refractivity contribution < 1.29 is 28.6 Å². The number of thiazole rings is 1. The third-order valence-electron chi connectivity index (χ3n) is 7.27. The normalized spacial score (nSPS) is 18.9. The van der Waals surface area contributed by atoms with Gasteiger partial charge in [0.1, 0.15) is 11.0 Å². The molecule has 0 bridgehead atoms. The number of aromatic nitrogens is 1. The second kappa shape index (κ2) is 12.4. The molecule has 2 aliphatic rings. The first kappa shape index (κ1) is 29.8. The number of methoxy groups -OCH3 is 1. The zero-order valence-electron chi connectivity index (χ0n) is 23.5. The van der Waals surface area contributed by atoms with Gasteiger partial charge in [-0.15, -0.1) is 0 Å². The number of amides is 3. The molecule has 1 saturated heterocycles. The Hall–Kier alpha value is -4.26. The van der Waals surface area contributed by atoms with Crippen molar-refractivity contribution in [2.75, 3.05) is 30.5 Å². The van der Waals surface area contributed by atoms with Gasteiger partial charge in [-0.25, -0.2) is 4.90 Å². The molecule has 3 heterocycles. The smallest absolute Gasteiger partial charge is 0.305 e. The predicted molar refractivity (Wildman–Crippen MR) is 169 cm³/mol. The lowest BCUT2D eigenvalue weighted by Gasteiger charge is -2.30. The van der Waals surface area contributed by atoms with Crippen molar-refractivity contribution in [1.82, 2.24) is 4.98 Å². The lowest BCUT2D eigenvalue weighted by molar-refractivity contribution is -0.122. The number of imide groups is 1. The quantitative estimate of drug-likeness (QED) is 0.233. The van der Waals surface area contributed by atoms with Crippen LogP contribution in [-0.4, -0.2) is 48.3 Å². The van der Waals surface area contributed by atoms with Gasteiger partial charge in [0.15, 0.2) is 18.1 Å². The number of carbonyl (C=O) groups excluding carboxylic acids is 3. The number of benzene rings is 3. The minimum Gasteiger partial charge on any atom is -0.497 e. The Kier molecular flexibility index (Phi) is 8.39. The van der Waals surface area contributed by atoms with Crippen molar-refractivity contribution in [1.29, 1.82) is 0 Å². The third-order valence-corrected chi connectivity index (χ3v) is 9.92. The molecular formula is C31H26ClN3O7S2. The van der Waals surface area contributed by atoms with Crippen LogP contribution in [0, 0.1) is 5.92 Å². The van der Waals surface area contributed by atoms with Crippen molar-refractivity contribution in [3.63, 3.8) is 0 Å². The standard InChI is InChI=1S/C31H26ClN3O7S2/c1-3-41-22-14-16(4-13-21(22)42-15-23(36)33-18-7-5-17(32)6-8-18)24-25-27(43-28-26(24)44-31(39)34-28)30(38)35(29(25)37)19-9-11-20(40-2)12-10-19/h4-14,24-25,27H,3,15H2,1-2H3,(H,33,36)(H,34,39)/t24-,25-,27+/m0/s1. The summed E-state index contributed by atoms with van der Waals surface area (Å²) < 4.78 is 16.9. The molecule has 3 aromatic carbocycles. The van der Waals surface area contributed by atoms with Crippen LogP contribution in [0.25, 0.3) is 0 Å². The number of halogens is 1. The van der Waals surface area contributed by atoms with Gasteiger partial charge in [0.2, 0.25) is 11.8 Å². The summed E-state index contributed by atoms with van der Waals surface area (Å²) in [7, 11) is 1.54. The lowest BCUT2D eigenvalue weighted by Crippen LogP contribution is -2.32. The molecule has 1 aromatic heterocycles. The number of hydrogen-bond donors (Lipinski definition) is 2. The number of ether oxygens (including phenoxy) is 3. The Morgan fingerprint density at radius 1 is 0.977 bits per heavy atom. The molecule has 13 heteroatoms. The van der Waals surface area contributed by atoms with Crippen molar-refractivity contribution in [3.8, 4) is 17.2 Å². The highest BCUT2D eigenvalue weighted by Gasteiger charge is 2.56. The van der Waals surface area contributed by atoms with E-state index in [1.54, 1.807) is 73.8 Å². The van der Waals surface area contributed by atoms with Gasteiger partial charge < -0.3 is 24.5 Å². The minimum atomic E-state index is -0.764. The van der Waals surface area contributed by atoms with Crippen LogP contribution in [0.4, 0.5) is 11.4 Å². The number of aromatic amines is 1. The summed E-state index contributed by atoms with van der Waals surface area (Å²) in [5.41, 5.74) is 1.70.